The molecule has 10 rings (SSSR count). The van der Waals surface area contributed by atoms with E-state index in [0.717, 1.165) is 56.7 Å². The third-order valence-corrected chi connectivity index (χ3v) is 22.2. The Kier molecular flexibility index (Phi) is 24.5. The maximum atomic E-state index is 14.5. The van der Waals surface area contributed by atoms with E-state index in [1.807, 2.05) is 13.8 Å². The molecule has 8 aromatic rings. The zero-order valence-corrected chi connectivity index (χ0v) is 59.1. The number of carbonyl (C=O) groups is 9. The largest absolute Gasteiger partial charge is 0.481 e. The van der Waals surface area contributed by atoms with E-state index in [9.17, 15) is 63.6 Å². The lowest BCUT2D eigenvalue weighted by molar-refractivity contribution is -0.144. The molecular weight excluding hydrogens is 1400 g/mol. The van der Waals surface area contributed by atoms with Crippen molar-refractivity contribution in [3.05, 3.63) is 111 Å². The number of fused-ring (bicyclic) bond motifs is 14. The van der Waals surface area contributed by atoms with Crippen molar-refractivity contribution >= 4 is 127 Å². The lowest BCUT2D eigenvalue weighted by Crippen LogP contribution is -2.41. The number of aromatic nitrogens is 7. The van der Waals surface area contributed by atoms with E-state index in [0.29, 0.717) is 82.3 Å². The molecule has 1 aromatic carbocycles. The molecule has 6 amide bonds. The number of pyridine rings is 1. The first-order valence-corrected chi connectivity index (χ1v) is 36.8. The molecule has 0 radical (unpaired) electrons. The van der Waals surface area contributed by atoms with Crippen LogP contribution >= 0.6 is 68.0 Å². The summed E-state index contributed by atoms with van der Waals surface area (Å²) < 4.78 is 11.7. The normalized spacial score (nSPS) is 18.7. The SMILES string of the molecule is CNC(=O)C[C@@H]1NC(=O)c2csc(n2)-c2ccc(-c3nc(N(CCCCC(=O)O)C(=O)O[C@H]4CC[C@H](C(=O)O)C[C@@H]4CCCCC(=O)O)cs3)nc2-c2csc(n2)-c2csc(n2)[C@H]([C@@H](O)c2ccccc2)NC(=O)CNC(=O)c2nc(sc2COC)C(C(C)C)NC(=O)c2nc1sc2C. The van der Waals surface area contributed by atoms with E-state index < -0.39 is 96.3 Å². The predicted octanol–water partition coefficient (Wildman–Crippen LogP) is 10.0. The second-order valence-corrected chi connectivity index (χ2v) is 29.6. The number of methoxy groups -OCH3 is 1. The van der Waals surface area contributed by atoms with Crippen molar-refractivity contribution < 1.29 is 73.1 Å². The number of aliphatic hydroxyl groups is 1. The van der Waals surface area contributed by atoms with Gasteiger partial charge in [-0.25, -0.2) is 39.7 Å². The van der Waals surface area contributed by atoms with Gasteiger partial charge in [-0.3, -0.25) is 43.3 Å². The average molecular weight is 1470 g/mol. The number of carbonyl (C=O) groups excluding carboxylic acids is 6. The highest BCUT2D eigenvalue weighted by Gasteiger charge is 2.38. The van der Waals surface area contributed by atoms with Gasteiger partial charge in [0.1, 0.15) is 88.3 Å². The lowest BCUT2D eigenvalue weighted by atomic mass is 9.77. The highest BCUT2D eigenvalue weighted by atomic mass is 32.1. The van der Waals surface area contributed by atoms with Gasteiger partial charge in [-0.15, -0.1) is 68.0 Å². The summed E-state index contributed by atoms with van der Waals surface area (Å²) in [7, 11) is 2.91. The summed E-state index contributed by atoms with van der Waals surface area (Å²) in [5.74, 6) is -7.14. The molecule has 1 fully saturated rings. The van der Waals surface area contributed by atoms with E-state index in [2.05, 4.69) is 26.6 Å². The van der Waals surface area contributed by atoms with E-state index in [1.54, 1.807) is 70.9 Å². The number of benzene rings is 1. The van der Waals surface area contributed by atoms with Crippen LogP contribution in [0.5, 0.6) is 0 Å². The van der Waals surface area contributed by atoms with E-state index in [1.165, 1.54) is 30.4 Å². The van der Waals surface area contributed by atoms with Gasteiger partial charge >= 0.3 is 24.0 Å². The van der Waals surface area contributed by atoms with E-state index in [4.69, 9.17) is 44.4 Å². The minimum Gasteiger partial charge on any atom is -0.481 e. The summed E-state index contributed by atoms with van der Waals surface area (Å²) in [5, 5.41) is 63.4. The summed E-state index contributed by atoms with van der Waals surface area (Å²) in [4.78, 5) is 156. The van der Waals surface area contributed by atoms with Gasteiger partial charge in [-0.1, -0.05) is 50.6 Å². The number of carboxylic acid groups (broad SMARTS) is 3. The van der Waals surface area contributed by atoms with Gasteiger partial charge in [-0.2, -0.15) is 0 Å². The Morgan fingerprint density at radius 2 is 1.37 bits per heavy atom. The number of ether oxygens (including phenoxy) is 2. The molecule has 0 saturated heterocycles. The summed E-state index contributed by atoms with van der Waals surface area (Å²) in [6.07, 6.45) is -0.805. The highest BCUT2D eigenvalue weighted by Crippen LogP contribution is 2.42. The van der Waals surface area contributed by atoms with Crippen LogP contribution < -0.4 is 31.5 Å². The second-order valence-electron chi connectivity index (χ2n) is 23.8. The Labute approximate surface area is 591 Å². The Morgan fingerprint density at radius 1 is 0.677 bits per heavy atom. The van der Waals surface area contributed by atoms with Crippen LogP contribution in [0.25, 0.3) is 43.4 Å². The maximum absolute atomic E-state index is 14.5. The monoisotopic (exact) mass is 1470 g/mol. The number of amides is 6. The van der Waals surface area contributed by atoms with Gasteiger partial charge in [0.15, 0.2) is 0 Å². The van der Waals surface area contributed by atoms with Crippen LogP contribution in [-0.2, 0) is 40.1 Å². The van der Waals surface area contributed by atoms with Crippen molar-refractivity contribution in [3.63, 3.8) is 0 Å². The van der Waals surface area contributed by atoms with Crippen molar-refractivity contribution in [2.75, 3.05) is 32.1 Å². The Bertz CT molecular complexity index is 4260. The molecular formula is C65H71N13O15S6. The van der Waals surface area contributed by atoms with Crippen molar-refractivity contribution in [1.29, 1.82) is 0 Å². The fourth-order valence-electron chi connectivity index (χ4n) is 11.3. The standard InChI is InChI=1S/C65H71N13O15S6/c1-31(2)49-63-77-52(43(99-63)26-92-5)56(87)67-25-46(80)74-53(54(85)33-13-7-6-8-14-33)62-72-41(29-96-62)60-70-39(27-95-60)51-36(58-71-40(28-94-58)55(86)69-38(24-45(79)66-4)61-76-50(32(3)98-61)57(88)75-49)19-20-37(68-51)59-73-44(30-97-59)78(22-12-11-17-48(83)84)65(91)93-42-21-18-35(64(89)90)23-34(42)15-9-10-16-47(81)82/h6-8,13-14,19-20,27-31,34-35,38,42,49,53-54,85H,9-12,15-18,21-26H2,1-5H3,(H,66,79)(H,67,87)(H,69,86)(H,74,80)(H,75,88)(H,81,82)(H,83,84)(H,89,90)/t34-,35-,38-,42-,49?,53-,54-/m0/s1. The number of thiazole rings is 6. The number of aryl methyl sites for hydroxylation is 1. The van der Waals surface area contributed by atoms with E-state index >= 15 is 0 Å². The predicted molar refractivity (Wildman–Crippen MR) is 371 cm³/mol. The molecule has 2 aliphatic rings. The highest BCUT2D eigenvalue weighted by molar-refractivity contribution is 7.15. The fraction of sp³-hybridized carbons (Fsp3) is 0.415. The van der Waals surface area contributed by atoms with E-state index in [-0.39, 0.29) is 110 Å². The Morgan fingerprint density at radius 3 is 2.10 bits per heavy atom. The molecule has 1 saturated carbocycles. The molecule has 34 heteroatoms. The van der Waals surface area contributed by atoms with Gasteiger partial charge in [0, 0.05) is 65.5 Å². The summed E-state index contributed by atoms with van der Waals surface area (Å²) in [6.45, 7) is 4.86. The number of aliphatic carboxylic acids is 3. The molecule has 1 unspecified atom stereocenters. The molecule has 8 heterocycles. The Balaban J connectivity index is 1.03. The van der Waals surface area contributed by atoms with Crippen LogP contribution in [0.2, 0.25) is 0 Å². The summed E-state index contributed by atoms with van der Waals surface area (Å²) in [6, 6.07) is 9.15. The number of unbranched alkanes of at least 4 members (excludes halogenated alkanes) is 2. The average Bonchev–Trinajstić information content (AvgIpc) is 1.69. The van der Waals surface area contributed by atoms with Crippen LogP contribution in [-0.4, -0.2) is 142 Å². The molecule has 99 heavy (non-hydrogen) atoms. The third kappa shape index (κ3) is 18.1. The van der Waals surface area contributed by atoms with Crippen LogP contribution in [0.1, 0.15) is 171 Å². The third-order valence-electron chi connectivity index (χ3n) is 16.5. The van der Waals surface area contributed by atoms with Gasteiger partial charge in [0.05, 0.1) is 48.1 Å². The molecule has 7 aromatic heterocycles. The number of hydrogen-bond acceptors (Lipinski definition) is 25. The van der Waals surface area contributed by atoms with Crippen molar-refractivity contribution in [2.45, 2.75) is 128 Å². The number of aliphatic hydroxyl groups excluding tert-OH is 1. The van der Waals surface area contributed by atoms with Crippen LogP contribution in [0, 0.1) is 24.7 Å². The van der Waals surface area contributed by atoms with Crippen molar-refractivity contribution in [1.82, 2.24) is 61.5 Å². The molecule has 9 N–H and O–H groups in total. The number of anilines is 1. The smallest absolute Gasteiger partial charge is 0.415 e. The summed E-state index contributed by atoms with van der Waals surface area (Å²) >= 11 is 6.91. The van der Waals surface area contributed by atoms with Crippen molar-refractivity contribution in [2.24, 2.45) is 17.8 Å². The molecule has 1 aliphatic heterocycles. The molecule has 7 atom stereocenters. The van der Waals surface area contributed by atoms with Gasteiger partial charge in [0.25, 0.3) is 17.7 Å². The summed E-state index contributed by atoms with van der Waals surface area (Å²) in [5.41, 5.74) is 2.17. The quantitative estimate of drug-likeness (QED) is 0.0302. The number of rotatable bonds is 21. The number of nitrogens with one attached hydrogen (secondary N) is 5. The topological polar surface area (TPSA) is 407 Å². The fourth-order valence-corrected chi connectivity index (χ4v) is 16.9. The minimum atomic E-state index is -1.33. The van der Waals surface area contributed by atoms with Gasteiger partial charge in [-0.05, 0) is 81.4 Å². The first-order valence-electron chi connectivity index (χ1n) is 31.6. The van der Waals surface area contributed by atoms with Crippen LogP contribution in [0.4, 0.5) is 10.6 Å². The first kappa shape index (κ1) is 72.8. The zero-order chi connectivity index (χ0) is 70.6. The molecule has 522 valence electrons. The number of nitrogens with zero attached hydrogens (tertiary/aromatic N) is 8. The first-order chi connectivity index (χ1) is 47.5. The van der Waals surface area contributed by atoms with Crippen LogP contribution in [0.3, 0.4) is 0 Å². The molecule has 0 spiro atoms. The number of carboxylic acids is 3. The van der Waals surface area contributed by atoms with Gasteiger partial charge < -0.3 is 56.5 Å². The second kappa shape index (κ2) is 33.3. The molecule has 28 nitrogen and oxygen atoms in total. The van der Waals surface area contributed by atoms with Crippen LogP contribution in [0.15, 0.2) is 64.0 Å². The maximum Gasteiger partial charge on any atom is 0.415 e. The van der Waals surface area contributed by atoms with Crippen molar-refractivity contribution in [3.8, 4) is 43.4 Å². The number of hydrogen-bond donors (Lipinski definition) is 9. The lowest BCUT2D eigenvalue weighted by Gasteiger charge is -2.35. The zero-order valence-electron chi connectivity index (χ0n) is 54.2. The minimum absolute atomic E-state index is 0.00892. The Hall–Kier alpha value is -8.90. The molecule has 1 aliphatic carbocycles. The van der Waals surface area contributed by atoms with Gasteiger partial charge in [0.2, 0.25) is 11.8 Å². The molecule has 10 bridgehead atoms.